The molecule has 0 aromatic rings. The SMILES string of the molecule is O=C(NCC(F)(F)C(F)F)NC1CCCC1C(=O)O. The second kappa shape index (κ2) is 6.07. The van der Waals surface area contributed by atoms with Crippen molar-refractivity contribution in [2.75, 3.05) is 6.54 Å². The molecule has 0 aromatic carbocycles. The van der Waals surface area contributed by atoms with Crippen molar-refractivity contribution in [2.24, 2.45) is 5.92 Å². The molecule has 0 spiro atoms. The summed E-state index contributed by atoms with van der Waals surface area (Å²) < 4.78 is 48.7. The highest BCUT2D eigenvalue weighted by Gasteiger charge is 2.41. The number of rotatable bonds is 5. The summed E-state index contributed by atoms with van der Waals surface area (Å²) in [5.41, 5.74) is 0. The number of halogens is 4. The van der Waals surface area contributed by atoms with Gasteiger partial charge in [0.15, 0.2) is 0 Å². The topological polar surface area (TPSA) is 78.4 Å². The van der Waals surface area contributed by atoms with Crippen molar-refractivity contribution in [3.05, 3.63) is 0 Å². The normalized spacial score (nSPS) is 23.4. The van der Waals surface area contributed by atoms with Gasteiger partial charge >= 0.3 is 24.3 Å². The molecule has 3 N–H and O–H groups in total. The number of carbonyl (C=O) groups is 2. The Hall–Kier alpha value is -1.54. The van der Waals surface area contributed by atoms with Gasteiger partial charge in [0.2, 0.25) is 0 Å². The van der Waals surface area contributed by atoms with Gasteiger partial charge in [0.1, 0.15) is 0 Å². The van der Waals surface area contributed by atoms with Gasteiger partial charge in [-0.15, -0.1) is 0 Å². The molecule has 0 saturated heterocycles. The van der Waals surface area contributed by atoms with E-state index in [0.717, 1.165) is 0 Å². The standard InChI is InChI=1S/C10H14F4N2O3/c11-8(12)10(13,14)4-15-9(19)16-6-3-1-2-5(6)7(17)18/h5-6,8H,1-4H2,(H,17,18)(H2,15,16,19). The molecule has 1 aliphatic carbocycles. The molecule has 0 bridgehead atoms. The number of hydrogen-bond acceptors (Lipinski definition) is 2. The summed E-state index contributed by atoms with van der Waals surface area (Å²) in [7, 11) is 0. The molecule has 1 saturated carbocycles. The largest absolute Gasteiger partial charge is 0.481 e. The molecule has 110 valence electrons. The van der Waals surface area contributed by atoms with Crippen LogP contribution in [0.3, 0.4) is 0 Å². The van der Waals surface area contributed by atoms with Gasteiger partial charge in [0.25, 0.3) is 0 Å². The molecule has 1 fully saturated rings. The Bertz CT molecular complexity index is 352. The van der Waals surface area contributed by atoms with Crippen molar-refractivity contribution >= 4 is 12.0 Å². The first-order chi connectivity index (χ1) is 8.74. The number of alkyl halides is 4. The molecule has 0 heterocycles. The van der Waals surface area contributed by atoms with Crippen molar-refractivity contribution in [1.82, 2.24) is 10.6 Å². The minimum absolute atomic E-state index is 0.382. The van der Waals surface area contributed by atoms with E-state index in [1.54, 1.807) is 5.32 Å². The van der Waals surface area contributed by atoms with Crippen LogP contribution in [0.5, 0.6) is 0 Å². The van der Waals surface area contributed by atoms with Gasteiger partial charge in [-0.1, -0.05) is 6.42 Å². The van der Waals surface area contributed by atoms with Crippen LogP contribution in [0.4, 0.5) is 22.4 Å². The van der Waals surface area contributed by atoms with Crippen molar-refractivity contribution in [3.8, 4) is 0 Å². The van der Waals surface area contributed by atoms with Crippen molar-refractivity contribution < 1.29 is 32.3 Å². The Balaban J connectivity index is 2.41. The van der Waals surface area contributed by atoms with Crippen LogP contribution in [0.15, 0.2) is 0 Å². The lowest BCUT2D eigenvalue weighted by Crippen LogP contribution is -2.49. The Morgan fingerprint density at radius 3 is 2.47 bits per heavy atom. The fourth-order valence-corrected chi connectivity index (χ4v) is 1.92. The highest BCUT2D eigenvalue weighted by Crippen LogP contribution is 2.26. The number of nitrogens with one attached hydrogen (secondary N) is 2. The molecule has 5 nitrogen and oxygen atoms in total. The smallest absolute Gasteiger partial charge is 0.324 e. The highest BCUT2D eigenvalue weighted by atomic mass is 19.3. The number of urea groups is 1. The maximum Gasteiger partial charge on any atom is 0.324 e. The third kappa shape index (κ3) is 4.25. The number of amides is 2. The molecule has 0 aromatic heterocycles. The lowest BCUT2D eigenvalue weighted by atomic mass is 10.0. The number of carbonyl (C=O) groups excluding carboxylic acids is 1. The molecular formula is C10H14F4N2O3. The van der Waals surface area contributed by atoms with Gasteiger partial charge in [0, 0.05) is 6.04 Å². The van der Waals surface area contributed by atoms with Crippen LogP contribution in [0.25, 0.3) is 0 Å². The third-order valence-corrected chi connectivity index (χ3v) is 2.95. The minimum Gasteiger partial charge on any atom is -0.481 e. The van der Waals surface area contributed by atoms with Crippen molar-refractivity contribution in [2.45, 2.75) is 37.7 Å². The number of carboxylic acid groups (broad SMARTS) is 1. The van der Waals surface area contributed by atoms with Gasteiger partial charge in [-0.2, -0.15) is 8.78 Å². The zero-order valence-corrected chi connectivity index (χ0v) is 9.84. The van der Waals surface area contributed by atoms with Crippen molar-refractivity contribution in [3.63, 3.8) is 0 Å². The first kappa shape index (κ1) is 15.5. The first-order valence-corrected chi connectivity index (χ1v) is 5.67. The second-order valence-corrected chi connectivity index (χ2v) is 4.37. The molecule has 2 unspecified atom stereocenters. The second-order valence-electron chi connectivity index (χ2n) is 4.37. The van der Waals surface area contributed by atoms with Crippen LogP contribution in [-0.2, 0) is 4.79 Å². The molecule has 2 amide bonds. The summed E-state index contributed by atoms with van der Waals surface area (Å²) in [6, 6.07) is -1.74. The van der Waals surface area contributed by atoms with Crippen LogP contribution in [0.2, 0.25) is 0 Å². The molecule has 0 radical (unpaired) electrons. The summed E-state index contributed by atoms with van der Waals surface area (Å²) in [5, 5.41) is 12.7. The number of hydrogen-bond donors (Lipinski definition) is 3. The molecule has 2 atom stereocenters. The first-order valence-electron chi connectivity index (χ1n) is 5.67. The van der Waals surface area contributed by atoms with Crippen LogP contribution < -0.4 is 10.6 Å². The Morgan fingerprint density at radius 2 is 1.95 bits per heavy atom. The van der Waals surface area contributed by atoms with E-state index >= 15 is 0 Å². The maximum absolute atomic E-state index is 12.5. The predicted octanol–water partition coefficient (Wildman–Crippen LogP) is 1.44. The van der Waals surface area contributed by atoms with Crippen LogP contribution >= 0.6 is 0 Å². The average molecular weight is 286 g/mol. The van der Waals surface area contributed by atoms with Gasteiger partial charge < -0.3 is 15.7 Å². The Morgan fingerprint density at radius 1 is 1.32 bits per heavy atom. The van der Waals surface area contributed by atoms with E-state index in [4.69, 9.17) is 5.11 Å². The fraction of sp³-hybridized carbons (Fsp3) is 0.800. The van der Waals surface area contributed by atoms with Crippen LogP contribution in [0.1, 0.15) is 19.3 Å². The Kier molecular flexibility index (Phi) is 4.96. The number of aliphatic carboxylic acids is 1. The third-order valence-electron chi connectivity index (χ3n) is 2.95. The molecule has 1 aliphatic rings. The summed E-state index contributed by atoms with van der Waals surface area (Å²) in [6.45, 7) is -1.50. The maximum atomic E-state index is 12.5. The predicted molar refractivity (Wildman–Crippen MR) is 56.3 cm³/mol. The van der Waals surface area contributed by atoms with E-state index in [-0.39, 0.29) is 0 Å². The van der Waals surface area contributed by atoms with E-state index in [0.29, 0.717) is 19.3 Å². The fourth-order valence-electron chi connectivity index (χ4n) is 1.92. The zero-order valence-electron chi connectivity index (χ0n) is 9.84. The highest BCUT2D eigenvalue weighted by molar-refractivity contribution is 5.77. The quantitative estimate of drug-likeness (QED) is 0.669. The molecule has 19 heavy (non-hydrogen) atoms. The monoisotopic (exact) mass is 286 g/mol. The summed E-state index contributed by atoms with van der Waals surface area (Å²) in [6.07, 6.45) is -2.48. The van der Waals surface area contributed by atoms with E-state index < -0.39 is 42.9 Å². The zero-order chi connectivity index (χ0) is 14.6. The van der Waals surface area contributed by atoms with Gasteiger partial charge in [0.05, 0.1) is 12.5 Å². The Labute approximate surface area is 106 Å². The molecule has 1 rings (SSSR count). The van der Waals surface area contributed by atoms with Crippen molar-refractivity contribution in [1.29, 1.82) is 0 Å². The molecule has 0 aliphatic heterocycles. The summed E-state index contributed by atoms with van der Waals surface area (Å²) in [5.74, 6) is -6.17. The lowest BCUT2D eigenvalue weighted by molar-refractivity contribution is -0.142. The lowest BCUT2D eigenvalue weighted by Gasteiger charge is -2.20. The minimum atomic E-state index is -4.31. The van der Waals surface area contributed by atoms with E-state index in [2.05, 4.69) is 5.32 Å². The van der Waals surface area contributed by atoms with E-state index in [1.165, 1.54) is 0 Å². The van der Waals surface area contributed by atoms with Crippen LogP contribution in [0, 0.1) is 5.92 Å². The molecule has 9 heteroatoms. The van der Waals surface area contributed by atoms with Crippen LogP contribution in [-0.4, -0.2) is 42.0 Å². The van der Waals surface area contributed by atoms with Gasteiger partial charge in [-0.05, 0) is 12.8 Å². The summed E-state index contributed by atoms with van der Waals surface area (Å²) in [4.78, 5) is 22.1. The molecular weight excluding hydrogens is 272 g/mol. The number of carboxylic acids is 1. The summed E-state index contributed by atoms with van der Waals surface area (Å²) >= 11 is 0. The van der Waals surface area contributed by atoms with Gasteiger partial charge in [-0.25, -0.2) is 13.6 Å². The van der Waals surface area contributed by atoms with E-state index in [9.17, 15) is 27.2 Å². The van der Waals surface area contributed by atoms with E-state index in [1.807, 2.05) is 0 Å². The van der Waals surface area contributed by atoms with Gasteiger partial charge in [-0.3, -0.25) is 4.79 Å². The average Bonchev–Trinajstić information content (AvgIpc) is 2.74.